The minimum absolute atomic E-state index is 0.0550. The van der Waals surface area contributed by atoms with Crippen molar-refractivity contribution in [1.29, 1.82) is 0 Å². The van der Waals surface area contributed by atoms with Crippen molar-refractivity contribution in [2.24, 2.45) is 0 Å². The number of carbonyl (C=O) groups is 2. The van der Waals surface area contributed by atoms with Gasteiger partial charge in [-0.3, -0.25) is 9.59 Å². The Kier molecular flexibility index (Phi) is 5.17. The summed E-state index contributed by atoms with van der Waals surface area (Å²) in [5.41, 5.74) is 2.19. The smallest absolute Gasteiger partial charge is 0.268 e. The van der Waals surface area contributed by atoms with Crippen LogP contribution in [0.3, 0.4) is 0 Å². The molecule has 0 radical (unpaired) electrons. The van der Waals surface area contributed by atoms with Crippen LogP contribution in [0, 0.1) is 0 Å². The van der Waals surface area contributed by atoms with Gasteiger partial charge in [0.1, 0.15) is 11.7 Å². The maximum Gasteiger partial charge on any atom is 0.268 e. The molecule has 0 saturated carbocycles. The number of amides is 2. The van der Waals surface area contributed by atoms with Crippen molar-refractivity contribution < 1.29 is 19.8 Å². The molecule has 3 aromatic rings. The SMILES string of the molecule is O=C(NC(Cc1ccccc1)C(=O)N1C[C@@H](O)[C@@H](O)C1)c1cc2sccc2[nH]1. The third kappa shape index (κ3) is 3.80. The number of nitrogens with zero attached hydrogens (tertiary/aromatic N) is 1. The van der Waals surface area contributed by atoms with E-state index in [0.717, 1.165) is 15.8 Å². The Balaban J connectivity index is 1.54. The van der Waals surface area contributed by atoms with Crippen molar-refractivity contribution in [2.75, 3.05) is 13.1 Å². The fourth-order valence-corrected chi connectivity index (χ4v) is 4.21. The molecular formula is C20H21N3O4S. The largest absolute Gasteiger partial charge is 0.388 e. The average Bonchev–Trinajstić information content (AvgIpc) is 3.37. The summed E-state index contributed by atoms with van der Waals surface area (Å²) in [6.07, 6.45) is -1.61. The van der Waals surface area contributed by atoms with Crippen LogP contribution < -0.4 is 5.32 Å². The number of rotatable bonds is 5. The van der Waals surface area contributed by atoms with E-state index in [2.05, 4.69) is 10.3 Å². The van der Waals surface area contributed by atoms with Crippen LogP contribution in [0.4, 0.5) is 0 Å². The zero-order valence-electron chi connectivity index (χ0n) is 15.0. The van der Waals surface area contributed by atoms with E-state index < -0.39 is 18.2 Å². The summed E-state index contributed by atoms with van der Waals surface area (Å²) in [4.78, 5) is 30.2. The Morgan fingerprint density at radius 2 is 1.89 bits per heavy atom. The van der Waals surface area contributed by atoms with Crippen molar-refractivity contribution in [1.82, 2.24) is 15.2 Å². The second-order valence-corrected chi connectivity index (χ2v) is 7.92. The maximum atomic E-state index is 13.0. The predicted molar refractivity (Wildman–Crippen MR) is 106 cm³/mol. The highest BCUT2D eigenvalue weighted by Gasteiger charge is 2.36. The van der Waals surface area contributed by atoms with Gasteiger partial charge in [-0.15, -0.1) is 11.3 Å². The number of H-pyrrole nitrogens is 1. The molecule has 0 spiro atoms. The number of carbonyl (C=O) groups excluding carboxylic acids is 2. The number of likely N-dealkylation sites (tertiary alicyclic amines) is 1. The van der Waals surface area contributed by atoms with Gasteiger partial charge in [0.25, 0.3) is 5.91 Å². The van der Waals surface area contributed by atoms with Crippen molar-refractivity contribution in [3.05, 3.63) is 59.1 Å². The van der Waals surface area contributed by atoms with E-state index in [-0.39, 0.29) is 24.9 Å². The molecule has 1 unspecified atom stereocenters. The van der Waals surface area contributed by atoms with Gasteiger partial charge in [-0.2, -0.15) is 0 Å². The molecule has 1 aromatic carbocycles. The fourth-order valence-electron chi connectivity index (χ4n) is 3.43. The first kappa shape index (κ1) is 18.7. The molecule has 3 heterocycles. The van der Waals surface area contributed by atoms with E-state index in [0.29, 0.717) is 12.1 Å². The number of fused-ring (bicyclic) bond motifs is 1. The number of nitrogens with one attached hydrogen (secondary N) is 2. The molecule has 0 bridgehead atoms. The van der Waals surface area contributed by atoms with Gasteiger partial charge in [0.2, 0.25) is 5.91 Å². The van der Waals surface area contributed by atoms with Crippen molar-refractivity contribution >= 4 is 33.4 Å². The molecule has 2 amide bonds. The van der Waals surface area contributed by atoms with E-state index in [1.54, 1.807) is 6.07 Å². The Hall–Kier alpha value is -2.68. The van der Waals surface area contributed by atoms with Crippen LogP contribution in [0.2, 0.25) is 0 Å². The lowest BCUT2D eigenvalue weighted by Gasteiger charge is -2.24. The highest BCUT2D eigenvalue weighted by atomic mass is 32.1. The highest BCUT2D eigenvalue weighted by Crippen LogP contribution is 2.21. The first-order chi connectivity index (χ1) is 13.5. The molecule has 28 heavy (non-hydrogen) atoms. The summed E-state index contributed by atoms with van der Waals surface area (Å²) >= 11 is 1.53. The number of aliphatic hydroxyl groups is 2. The van der Waals surface area contributed by atoms with Gasteiger partial charge < -0.3 is 25.4 Å². The lowest BCUT2D eigenvalue weighted by Crippen LogP contribution is -2.49. The number of hydrogen-bond acceptors (Lipinski definition) is 5. The number of benzene rings is 1. The molecule has 3 atom stereocenters. The Morgan fingerprint density at radius 1 is 1.18 bits per heavy atom. The van der Waals surface area contributed by atoms with E-state index in [4.69, 9.17) is 0 Å². The molecule has 1 saturated heterocycles. The topological polar surface area (TPSA) is 106 Å². The Morgan fingerprint density at radius 3 is 2.57 bits per heavy atom. The summed E-state index contributed by atoms with van der Waals surface area (Å²) in [5.74, 6) is -0.681. The Labute approximate surface area is 165 Å². The van der Waals surface area contributed by atoms with Crippen LogP contribution in [-0.2, 0) is 11.2 Å². The zero-order chi connectivity index (χ0) is 19.7. The van der Waals surface area contributed by atoms with Crippen molar-refractivity contribution in [2.45, 2.75) is 24.7 Å². The van der Waals surface area contributed by atoms with E-state index in [9.17, 15) is 19.8 Å². The van der Waals surface area contributed by atoms with Gasteiger partial charge in [-0.25, -0.2) is 0 Å². The van der Waals surface area contributed by atoms with Gasteiger partial charge in [0.05, 0.1) is 22.4 Å². The van der Waals surface area contributed by atoms with Crippen LogP contribution in [-0.4, -0.2) is 63.3 Å². The second-order valence-electron chi connectivity index (χ2n) is 6.98. The molecule has 2 aromatic heterocycles. The molecule has 8 heteroatoms. The minimum Gasteiger partial charge on any atom is -0.388 e. The average molecular weight is 399 g/mol. The first-order valence-corrected chi connectivity index (χ1v) is 9.95. The molecule has 1 aliphatic rings. The van der Waals surface area contributed by atoms with E-state index >= 15 is 0 Å². The van der Waals surface area contributed by atoms with Crippen molar-refractivity contribution in [3.8, 4) is 0 Å². The molecular weight excluding hydrogens is 378 g/mol. The maximum absolute atomic E-state index is 13.0. The lowest BCUT2D eigenvalue weighted by molar-refractivity contribution is -0.132. The number of aromatic amines is 1. The normalized spacial score (nSPS) is 20.4. The quantitative estimate of drug-likeness (QED) is 0.516. The molecule has 4 rings (SSSR count). The van der Waals surface area contributed by atoms with Crippen LogP contribution in [0.25, 0.3) is 10.2 Å². The Bertz CT molecular complexity index is 945. The van der Waals surface area contributed by atoms with Crippen LogP contribution in [0.1, 0.15) is 16.1 Å². The predicted octanol–water partition coefficient (Wildman–Crippen LogP) is 1.13. The molecule has 1 aliphatic heterocycles. The second kappa shape index (κ2) is 7.75. The number of aliphatic hydroxyl groups excluding tert-OH is 2. The van der Waals surface area contributed by atoms with Crippen LogP contribution in [0.5, 0.6) is 0 Å². The van der Waals surface area contributed by atoms with E-state index in [1.165, 1.54) is 16.2 Å². The number of aromatic nitrogens is 1. The molecule has 1 fully saturated rings. The summed E-state index contributed by atoms with van der Waals surface area (Å²) in [5, 5.41) is 24.3. The molecule has 7 nitrogen and oxygen atoms in total. The fraction of sp³-hybridized carbons (Fsp3) is 0.300. The zero-order valence-corrected chi connectivity index (χ0v) is 15.9. The summed E-state index contributed by atoms with van der Waals surface area (Å²) in [6, 6.07) is 12.3. The number of β-amino-alcohol motifs (C(OH)–C–C–N with tert-alkyl or cyclic N) is 2. The third-order valence-corrected chi connectivity index (χ3v) is 5.81. The van der Waals surface area contributed by atoms with E-state index in [1.807, 2.05) is 41.8 Å². The molecule has 4 N–H and O–H groups in total. The van der Waals surface area contributed by atoms with Gasteiger partial charge in [0.15, 0.2) is 0 Å². The monoisotopic (exact) mass is 399 g/mol. The highest BCUT2D eigenvalue weighted by molar-refractivity contribution is 7.17. The molecule has 0 aliphatic carbocycles. The standard InChI is InChI=1S/C20H21N3O4S/c24-16-10-23(11-17(16)25)20(27)15(8-12-4-2-1-3-5-12)22-19(26)14-9-18-13(21-14)6-7-28-18/h1-7,9,15-17,21,24-25H,8,10-11H2,(H,22,26)/t15?,16-,17+. The van der Waals surface area contributed by atoms with Crippen LogP contribution in [0.15, 0.2) is 47.8 Å². The summed E-state index contributed by atoms with van der Waals surface area (Å²) < 4.78 is 0.974. The lowest BCUT2D eigenvalue weighted by atomic mass is 10.0. The molecule has 146 valence electrons. The number of hydrogen-bond donors (Lipinski definition) is 4. The number of thiophene rings is 1. The van der Waals surface area contributed by atoms with Gasteiger partial charge in [-0.05, 0) is 23.1 Å². The van der Waals surface area contributed by atoms with Gasteiger partial charge in [0, 0.05) is 19.5 Å². The van der Waals surface area contributed by atoms with Gasteiger partial charge >= 0.3 is 0 Å². The van der Waals surface area contributed by atoms with Crippen LogP contribution >= 0.6 is 11.3 Å². The third-order valence-electron chi connectivity index (χ3n) is 4.94. The summed E-state index contributed by atoms with van der Waals surface area (Å²) in [7, 11) is 0. The first-order valence-electron chi connectivity index (χ1n) is 9.07. The van der Waals surface area contributed by atoms with Crippen molar-refractivity contribution in [3.63, 3.8) is 0 Å². The van der Waals surface area contributed by atoms with Gasteiger partial charge in [-0.1, -0.05) is 30.3 Å². The minimum atomic E-state index is -0.966. The summed E-state index contributed by atoms with van der Waals surface area (Å²) in [6.45, 7) is 0.110.